The van der Waals surface area contributed by atoms with Gasteiger partial charge in [0.1, 0.15) is 5.84 Å². The van der Waals surface area contributed by atoms with Crippen LogP contribution < -0.4 is 16.0 Å². The Kier molecular flexibility index (Phi) is 7.73. The number of benzene rings is 2. The number of nitrogen functional groups attached to an aromatic ring is 1. The maximum absolute atomic E-state index is 12.9. The van der Waals surface area contributed by atoms with E-state index in [9.17, 15) is 9.59 Å². The number of anilines is 2. The van der Waals surface area contributed by atoms with Gasteiger partial charge in [0.25, 0.3) is 0 Å². The summed E-state index contributed by atoms with van der Waals surface area (Å²) in [6.45, 7) is 4.70. The molecule has 1 amide bonds. The van der Waals surface area contributed by atoms with E-state index in [-0.39, 0.29) is 30.1 Å². The largest absolute Gasteiger partial charge is 0.469 e. The van der Waals surface area contributed by atoms with E-state index in [1.54, 1.807) is 17.0 Å². The maximum atomic E-state index is 12.9. The molecule has 172 valence electrons. The van der Waals surface area contributed by atoms with Gasteiger partial charge in [-0.25, -0.2) is 0 Å². The van der Waals surface area contributed by atoms with E-state index < -0.39 is 0 Å². The second-order valence-corrected chi connectivity index (χ2v) is 8.19. The van der Waals surface area contributed by atoms with Crippen molar-refractivity contribution in [2.24, 2.45) is 11.7 Å². The number of amides is 1. The molecule has 0 aliphatic heterocycles. The number of nitrogens with one attached hydrogen (secondary N) is 2. The maximum Gasteiger partial charge on any atom is 0.307 e. The van der Waals surface area contributed by atoms with Gasteiger partial charge >= 0.3 is 5.97 Å². The Morgan fingerprint density at radius 3 is 2.48 bits per heavy atom. The van der Waals surface area contributed by atoms with Crippen LogP contribution in [0.25, 0.3) is 0 Å². The molecule has 2 aromatic carbocycles. The van der Waals surface area contributed by atoms with Crippen LogP contribution in [0.15, 0.2) is 36.4 Å². The van der Waals surface area contributed by atoms with Gasteiger partial charge in [-0.1, -0.05) is 11.8 Å². The van der Waals surface area contributed by atoms with E-state index in [1.165, 1.54) is 7.11 Å². The first-order valence-electron chi connectivity index (χ1n) is 11.0. The van der Waals surface area contributed by atoms with Crippen LogP contribution in [-0.2, 0) is 14.3 Å². The van der Waals surface area contributed by atoms with Crippen LogP contribution in [-0.4, -0.2) is 37.9 Å². The number of rotatable bonds is 8. The van der Waals surface area contributed by atoms with Crippen molar-refractivity contribution >= 4 is 29.1 Å². The van der Waals surface area contributed by atoms with E-state index >= 15 is 0 Å². The molecule has 0 atom stereocenters. The number of amidine groups is 1. The molecule has 7 nitrogen and oxygen atoms in total. The first-order valence-corrected chi connectivity index (χ1v) is 11.0. The molecule has 0 bridgehead atoms. The average Bonchev–Trinajstić information content (AvgIpc) is 3.64. The number of ether oxygens (including phenoxy) is 1. The van der Waals surface area contributed by atoms with Gasteiger partial charge in [-0.2, -0.15) is 0 Å². The summed E-state index contributed by atoms with van der Waals surface area (Å²) in [6, 6.07) is 11.3. The summed E-state index contributed by atoms with van der Waals surface area (Å²) < 4.78 is 4.75. The fourth-order valence-corrected chi connectivity index (χ4v) is 3.48. The van der Waals surface area contributed by atoms with Crippen molar-refractivity contribution in [3.63, 3.8) is 0 Å². The molecule has 0 radical (unpaired) electrons. The normalized spacial score (nSPS) is 12.3. The molecular formula is C26H30N4O3. The highest BCUT2D eigenvalue weighted by Gasteiger charge is 2.34. The number of esters is 1. The molecule has 4 N–H and O–H groups in total. The zero-order chi connectivity index (χ0) is 24.0. The Morgan fingerprint density at radius 1 is 1.18 bits per heavy atom. The molecule has 0 spiro atoms. The predicted molar refractivity (Wildman–Crippen MR) is 130 cm³/mol. The Balaban J connectivity index is 1.71. The zero-order valence-electron chi connectivity index (χ0n) is 19.3. The van der Waals surface area contributed by atoms with E-state index in [1.807, 2.05) is 38.1 Å². The summed E-state index contributed by atoms with van der Waals surface area (Å²) in [5.74, 6) is 6.17. The lowest BCUT2D eigenvalue weighted by molar-refractivity contribution is -0.140. The number of methoxy groups -OCH3 is 1. The lowest BCUT2D eigenvalue weighted by atomic mass is 10.0. The lowest BCUT2D eigenvalue weighted by Crippen LogP contribution is -2.35. The minimum Gasteiger partial charge on any atom is -0.469 e. The number of hydrogen-bond donors (Lipinski definition) is 3. The predicted octanol–water partition coefficient (Wildman–Crippen LogP) is 3.36. The SMILES string of the molecule is COC(=O)CCN(C(=O)C1CC1)c1cc(C)c(C#CCNc2ccc(C(=N)N)cc2)cc1C. The van der Waals surface area contributed by atoms with Gasteiger partial charge < -0.3 is 20.7 Å². The van der Waals surface area contributed by atoms with Crippen LogP contribution in [0.2, 0.25) is 0 Å². The van der Waals surface area contributed by atoms with Crippen molar-refractivity contribution in [2.45, 2.75) is 33.1 Å². The minimum atomic E-state index is -0.330. The monoisotopic (exact) mass is 446 g/mol. The van der Waals surface area contributed by atoms with Crippen molar-refractivity contribution in [3.8, 4) is 11.8 Å². The molecule has 1 saturated carbocycles. The Bertz CT molecular complexity index is 1110. The van der Waals surface area contributed by atoms with Crippen molar-refractivity contribution in [2.75, 3.05) is 30.4 Å². The molecule has 0 unspecified atom stereocenters. The van der Waals surface area contributed by atoms with E-state index in [0.29, 0.717) is 18.7 Å². The van der Waals surface area contributed by atoms with Gasteiger partial charge in [0.15, 0.2) is 0 Å². The van der Waals surface area contributed by atoms with Crippen molar-refractivity contribution in [3.05, 3.63) is 58.7 Å². The number of hydrogen-bond acceptors (Lipinski definition) is 5. The fraction of sp³-hybridized carbons (Fsp3) is 0.346. The second kappa shape index (κ2) is 10.7. The first kappa shape index (κ1) is 23.9. The number of nitrogens with two attached hydrogens (primary N) is 1. The van der Waals surface area contributed by atoms with Crippen molar-refractivity contribution in [1.82, 2.24) is 0 Å². The summed E-state index contributed by atoms with van der Waals surface area (Å²) in [5, 5.41) is 10.7. The molecular weight excluding hydrogens is 416 g/mol. The molecule has 0 saturated heterocycles. The highest BCUT2D eigenvalue weighted by atomic mass is 16.5. The van der Waals surface area contributed by atoms with Crippen LogP contribution in [0.3, 0.4) is 0 Å². The van der Waals surface area contributed by atoms with Gasteiger partial charge in [-0.3, -0.25) is 15.0 Å². The van der Waals surface area contributed by atoms with Crippen LogP contribution in [0.4, 0.5) is 11.4 Å². The third kappa shape index (κ3) is 6.36. The summed E-state index contributed by atoms with van der Waals surface area (Å²) in [7, 11) is 1.36. The lowest BCUT2D eigenvalue weighted by Gasteiger charge is -2.25. The fourth-order valence-electron chi connectivity index (χ4n) is 3.48. The smallest absolute Gasteiger partial charge is 0.307 e. The van der Waals surface area contributed by atoms with Gasteiger partial charge in [0.2, 0.25) is 5.91 Å². The third-order valence-corrected chi connectivity index (χ3v) is 5.59. The van der Waals surface area contributed by atoms with Crippen LogP contribution in [0.1, 0.15) is 41.5 Å². The Labute approximate surface area is 194 Å². The molecule has 0 aromatic heterocycles. The molecule has 1 aliphatic carbocycles. The van der Waals surface area contributed by atoms with Gasteiger partial charge in [-0.05, 0) is 74.2 Å². The van der Waals surface area contributed by atoms with Crippen LogP contribution in [0, 0.1) is 37.0 Å². The minimum absolute atomic E-state index is 0.0401. The van der Waals surface area contributed by atoms with Crippen LogP contribution >= 0.6 is 0 Å². The third-order valence-electron chi connectivity index (χ3n) is 5.59. The average molecular weight is 447 g/mol. The molecule has 7 heteroatoms. The molecule has 3 rings (SSSR count). The van der Waals surface area contributed by atoms with E-state index in [0.717, 1.165) is 40.9 Å². The first-order chi connectivity index (χ1) is 15.8. The van der Waals surface area contributed by atoms with E-state index in [2.05, 4.69) is 17.2 Å². The quantitative estimate of drug-likeness (QED) is 0.249. The number of nitrogens with zero attached hydrogens (tertiary/aromatic N) is 1. The number of aryl methyl sites for hydroxylation is 2. The van der Waals surface area contributed by atoms with Gasteiger partial charge in [0.05, 0.1) is 20.1 Å². The number of carbonyl (C=O) groups is 2. The molecule has 0 heterocycles. The summed E-state index contributed by atoms with van der Waals surface area (Å²) in [6.07, 6.45) is 1.97. The van der Waals surface area contributed by atoms with Gasteiger partial charge in [0, 0.05) is 35.0 Å². The Hall–Kier alpha value is -3.79. The molecule has 2 aromatic rings. The summed E-state index contributed by atoms with van der Waals surface area (Å²) >= 11 is 0. The topological polar surface area (TPSA) is 109 Å². The van der Waals surface area contributed by atoms with Gasteiger partial charge in [-0.15, -0.1) is 0 Å². The zero-order valence-corrected chi connectivity index (χ0v) is 19.3. The Morgan fingerprint density at radius 2 is 1.88 bits per heavy atom. The highest BCUT2D eigenvalue weighted by molar-refractivity contribution is 5.97. The summed E-state index contributed by atoms with van der Waals surface area (Å²) in [4.78, 5) is 26.3. The van der Waals surface area contributed by atoms with Crippen molar-refractivity contribution in [1.29, 1.82) is 5.41 Å². The molecule has 1 aliphatic rings. The molecule has 1 fully saturated rings. The molecule has 33 heavy (non-hydrogen) atoms. The number of carbonyl (C=O) groups excluding carboxylic acids is 2. The highest BCUT2D eigenvalue weighted by Crippen LogP contribution is 2.34. The van der Waals surface area contributed by atoms with Crippen molar-refractivity contribution < 1.29 is 14.3 Å². The van der Waals surface area contributed by atoms with Crippen LogP contribution in [0.5, 0.6) is 0 Å². The van der Waals surface area contributed by atoms with E-state index in [4.69, 9.17) is 15.9 Å². The second-order valence-electron chi connectivity index (χ2n) is 8.19. The summed E-state index contributed by atoms with van der Waals surface area (Å²) in [5.41, 5.74) is 10.7. The standard InChI is InChI=1S/C26H30N4O3/c1-17-16-23(30(14-12-24(31)33-3)26(32)20-6-7-20)18(2)15-21(17)5-4-13-29-22-10-8-19(9-11-22)25(27)28/h8-11,15-16,20,29H,6-7,12-14H2,1-3H3,(H3,27,28).